The Bertz CT molecular complexity index is 1100. The molecule has 1 saturated heterocycles. The van der Waals surface area contributed by atoms with Crippen LogP contribution in [0.1, 0.15) is 28.6 Å². The minimum atomic E-state index is -4.48. The number of amides is 1. The smallest absolute Gasteiger partial charge is 0.416 e. The number of halogens is 5. The van der Waals surface area contributed by atoms with Crippen molar-refractivity contribution in [2.24, 2.45) is 0 Å². The van der Waals surface area contributed by atoms with E-state index < -0.39 is 35.5 Å². The fourth-order valence-corrected chi connectivity index (χ4v) is 2.97. The molecule has 1 amide bonds. The summed E-state index contributed by atoms with van der Waals surface area (Å²) in [5.41, 5.74) is -0.0704. The second-order valence-corrected chi connectivity index (χ2v) is 6.54. The molecule has 6 nitrogen and oxygen atoms in total. The number of nitrogens with one attached hydrogen (secondary N) is 1. The molecule has 1 aliphatic rings. The van der Waals surface area contributed by atoms with Gasteiger partial charge in [0.1, 0.15) is 12.6 Å². The van der Waals surface area contributed by atoms with E-state index in [0.717, 1.165) is 24.3 Å². The zero-order valence-corrected chi connectivity index (χ0v) is 15.0. The number of carbonyl (C=O) groups is 1. The van der Waals surface area contributed by atoms with Crippen LogP contribution >= 0.6 is 0 Å². The van der Waals surface area contributed by atoms with E-state index in [1.54, 1.807) is 0 Å². The monoisotopic (exact) mass is 425 g/mol. The van der Waals surface area contributed by atoms with Crippen molar-refractivity contribution in [1.82, 2.24) is 15.5 Å². The van der Waals surface area contributed by atoms with E-state index in [9.17, 15) is 26.7 Å². The van der Waals surface area contributed by atoms with Crippen LogP contribution in [-0.4, -0.2) is 22.9 Å². The summed E-state index contributed by atoms with van der Waals surface area (Å²) < 4.78 is 76.1. The summed E-state index contributed by atoms with van der Waals surface area (Å²) in [6.07, 6.45) is -5.15. The number of hydrogen-bond acceptors (Lipinski definition) is 5. The number of alkyl carbamates (subject to hydrolysis) is 1. The number of rotatable bonds is 4. The first-order valence-corrected chi connectivity index (χ1v) is 8.62. The zero-order chi connectivity index (χ0) is 21.5. The van der Waals surface area contributed by atoms with Gasteiger partial charge in [-0.1, -0.05) is 12.1 Å². The molecule has 30 heavy (non-hydrogen) atoms. The Balaban J connectivity index is 1.65. The summed E-state index contributed by atoms with van der Waals surface area (Å²) >= 11 is 0. The maximum Gasteiger partial charge on any atom is 0.416 e. The van der Waals surface area contributed by atoms with Crippen molar-refractivity contribution in [2.75, 3.05) is 6.61 Å². The third-order valence-corrected chi connectivity index (χ3v) is 4.46. The Kier molecular flexibility index (Phi) is 4.88. The van der Waals surface area contributed by atoms with E-state index in [2.05, 4.69) is 15.5 Å². The highest BCUT2D eigenvalue weighted by molar-refractivity contribution is 5.69. The minimum Gasteiger partial charge on any atom is -0.447 e. The van der Waals surface area contributed by atoms with E-state index >= 15 is 0 Å². The number of aromatic nitrogens is 2. The third kappa shape index (κ3) is 3.95. The Labute approximate surface area is 165 Å². The molecule has 1 atom stereocenters. The summed E-state index contributed by atoms with van der Waals surface area (Å²) in [4.78, 5) is 11.1. The molecule has 0 unspecified atom stereocenters. The number of hydrogen-bond donors (Lipinski definition) is 1. The van der Waals surface area contributed by atoms with E-state index in [0.29, 0.717) is 5.56 Å². The Morgan fingerprint density at radius 2 is 1.77 bits per heavy atom. The molecule has 1 aliphatic heterocycles. The summed E-state index contributed by atoms with van der Waals surface area (Å²) in [7, 11) is 0. The van der Waals surface area contributed by atoms with Gasteiger partial charge in [0.15, 0.2) is 11.6 Å². The van der Waals surface area contributed by atoms with Gasteiger partial charge in [-0.2, -0.15) is 13.2 Å². The van der Waals surface area contributed by atoms with Gasteiger partial charge in [-0.05, 0) is 41.8 Å². The normalized spacial score (nSPS) is 16.4. The van der Waals surface area contributed by atoms with Crippen LogP contribution in [0.3, 0.4) is 0 Å². The molecule has 2 aromatic carbocycles. The van der Waals surface area contributed by atoms with Gasteiger partial charge in [0, 0.05) is 5.56 Å². The number of carbonyl (C=O) groups excluding carboxylic acids is 1. The number of alkyl halides is 3. The third-order valence-electron chi connectivity index (χ3n) is 4.46. The highest BCUT2D eigenvalue weighted by Gasteiger charge is 2.31. The van der Waals surface area contributed by atoms with Crippen LogP contribution in [0, 0.1) is 11.6 Å². The number of cyclic esters (lactones) is 1. The molecule has 1 fully saturated rings. The molecule has 2 heterocycles. The lowest BCUT2D eigenvalue weighted by atomic mass is 9.98. The second-order valence-electron chi connectivity index (χ2n) is 6.54. The van der Waals surface area contributed by atoms with Crippen LogP contribution in [-0.2, 0) is 17.3 Å². The fraction of sp³-hybridized carbons (Fsp3) is 0.211. The van der Waals surface area contributed by atoms with E-state index in [4.69, 9.17) is 9.15 Å². The molecule has 1 aromatic heterocycles. The van der Waals surface area contributed by atoms with Crippen LogP contribution in [0.2, 0.25) is 0 Å². The summed E-state index contributed by atoms with van der Waals surface area (Å²) in [6.45, 7) is -0.0311. The molecule has 0 saturated carbocycles. The second kappa shape index (κ2) is 7.39. The van der Waals surface area contributed by atoms with Gasteiger partial charge < -0.3 is 14.5 Å². The molecule has 11 heteroatoms. The van der Waals surface area contributed by atoms with Gasteiger partial charge in [0.2, 0.25) is 11.8 Å². The topological polar surface area (TPSA) is 77.3 Å². The SMILES string of the molecule is O=C1N[C@H](c2nnc(-c3cc(F)c(F)cc3Cc3ccc(C(F)(F)F)cc3)o2)CO1. The van der Waals surface area contributed by atoms with Crippen LogP contribution in [0.4, 0.5) is 26.7 Å². The molecule has 0 radical (unpaired) electrons. The molecule has 3 aromatic rings. The van der Waals surface area contributed by atoms with Gasteiger partial charge >= 0.3 is 12.3 Å². The van der Waals surface area contributed by atoms with Crippen molar-refractivity contribution >= 4 is 6.09 Å². The van der Waals surface area contributed by atoms with Gasteiger partial charge in [-0.3, -0.25) is 0 Å². The number of ether oxygens (including phenoxy) is 1. The molecular formula is C19H12F5N3O3. The average Bonchev–Trinajstić information content (AvgIpc) is 3.33. The Hall–Kier alpha value is -3.50. The van der Waals surface area contributed by atoms with Crippen molar-refractivity contribution in [1.29, 1.82) is 0 Å². The van der Waals surface area contributed by atoms with Gasteiger partial charge in [0.25, 0.3) is 0 Å². The summed E-state index contributed by atoms with van der Waals surface area (Å²) in [5.74, 6) is -2.40. The van der Waals surface area contributed by atoms with Crippen molar-refractivity contribution < 1.29 is 35.9 Å². The standard InChI is InChI=1S/C19H12F5N3O3/c20-13-6-10(5-9-1-3-11(4-2-9)19(22,23)24)12(7-14(13)21)16-26-27-17(30-16)15-8-29-18(28)25-15/h1-4,6-7,15H,5,8H2,(H,25,28)/t15-/m0/s1. The van der Waals surface area contributed by atoms with E-state index in [1.807, 2.05) is 0 Å². The van der Waals surface area contributed by atoms with Crippen molar-refractivity contribution in [3.8, 4) is 11.5 Å². The number of nitrogens with zero attached hydrogens (tertiary/aromatic N) is 2. The maximum absolute atomic E-state index is 13.9. The quantitative estimate of drug-likeness (QED) is 0.627. The molecule has 0 aliphatic carbocycles. The van der Waals surface area contributed by atoms with Gasteiger partial charge in [-0.15, -0.1) is 10.2 Å². The average molecular weight is 425 g/mol. The predicted octanol–water partition coefficient (Wildman–Crippen LogP) is 4.41. The lowest BCUT2D eigenvalue weighted by molar-refractivity contribution is -0.137. The van der Waals surface area contributed by atoms with Crippen molar-refractivity contribution in [3.05, 3.63) is 70.6 Å². The van der Waals surface area contributed by atoms with E-state index in [-0.39, 0.29) is 35.9 Å². The molecule has 4 rings (SSSR count). The predicted molar refractivity (Wildman–Crippen MR) is 91.1 cm³/mol. The minimum absolute atomic E-state index is 0.00827. The van der Waals surface area contributed by atoms with Crippen LogP contribution in [0.25, 0.3) is 11.5 Å². The Morgan fingerprint density at radius 3 is 2.40 bits per heavy atom. The summed E-state index contributed by atoms with van der Waals surface area (Å²) in [6, 6.07) is 5.42. The largest absolute Gasteiger partial charge is 0.447 e. The van der Waals surface area contributed by atoms with Gasteiger partial charge in [-0.25, -0.2) is 13.6 Å². The van der Waals surface area contributed by atoms with Crippen LogP contribution in [0.5, 0.6) is 0 Å². The lowest BCUT2D eigenvalue weighted by Gasteiger charge is -2.10. The van der Waals surface area contributed by atoms with E-state index in [1.165, 1.54) is 12.1 Å². The van der Waals surface area contributed by atoms with Gasteiger partial charge in [0.05, 0.1) is 5.56 Å². The first-order valence-electron chi connectivity index (χ1n) is 8.62. The van der Waals surface area contributed by atoms with Crippen molar-refractivity contribution in [2.45, 2.75) is 18.6 Å². The molecule has 156 valence electrons. The highest BCUT2D eigenvalue weighted by atomic mass is 19.4. The fourth-order valence-electron chi connectivity index (χ4n) is 2.97. The first-order chi connectivity index (χ1) is 14.2. The summed E-state index contributed by atoms with van der Waals surface area (Å²) in [5, 5.41) is 10.1. The Morgan fingerprint density at radius 1 is 1.07 bits per heavy atom. The maximum atomic E-state index is 13.9. The van der Waals surface area contributed by atoms with Crippen LogP contribution < -0.4 is 5.32 Å². The molecule has 0 bridgehead atoms. The first kappa shape index (κ1) is 19.8. The zero-order valence-electron chi connectivity index (χ0n) is 15.0. The highest BCUT2D eigenvalue weighted by Crippen LogP contribution is 2.31. The molecule has 0 spiro atoms. The number of benzene rings is 2. The lowest BCUT2D eigenvalue weighted by Crippen LogP contribution is -2.18. The molecular weight excluding hydrogens is 413 g/mol. The van der Waals surface area contributed by atoms with Crippen LogP contribution in [0.15, 0.2) is 40.8 Å². The molecule has 1 N–H and O–H groups in total. The van der Waals surface area contributed by atoms with Crippen molar-refractivity contribution in [3.63, 3.8) is 0 Å².